The minimum Gasteiger partial charge on any atom is -0.309 e. The summed E-state index contributed by atoms with van der Waals surface area (Å²) in [4.78, 5) is 13.6. The molecule has 0 spiro atoms. The first-order valence-electron chi connectivity index (χ1n) is 7.59. The van der Waals surface area contributed by atoms with Crippen molar-refractivity contribution in [3.8, 4) is 0 Å². The summed E-state index contributed by atoms with van der Waals surface area (Å²) < 4.78 is 28.6. The molecule has 1 heterocycles. The van der Waals surface area contributed by atoms with Gasteiger partial charge in [0.1, 0.15) is 4.90 Å². The van der Waals surface area contributed by atoms with E-state index in [2.05, 4.69) is 20.7 Å². The number of nitrogens with one attached hydrogen (secondary N) is 1. The summed E-state index contributed by atoms with van der Waals surface area (Å²) in [6, 6.07) is 9.78. The van der Waals surface area contributed by atoms with Crippen LogP contribution in [-0.4, -0.2) is 20.4 Å². The van der Waals surface area contributed by atoms with Gasteiger partial charge in [-0.2, -0.15) is 0 Å². The average Bonchev–Trinajstić information content (AvgIpc) is 2.80. The first kappa shape index (κ1) is 18.2. The first-order valence-corrected chi connectivity index (χ1v) is 10.2. The lowest BCUT2D eigenvalue weighted by Gasteiger charge is -2.21. The lowest BCUT2D eigenvalue weighted by Crippen LogP contribution is -2.33. The molecule has 1 unspecified atom stereocenters. The van der Waals surface area contributed by atoms with Crippen molar-refractivity contribution in [3.05, 3.63) is 51.5 Å². The van der Waals surface area contributed by atoms with Crippen LogP contribution in [0.25, 0.3) is 0 Å². The van der Waals surface area contributed by atoms with E-state index in [-0.39, 0.29) is 16.8 Å². The number of fused-ring (bicyclic) bond motifs is 1. The molecule has 8 heteroatoms. The molecule has 2 aromatic carbocycles. The summed E-state index contributed by atoms with van der Waals surface area (Å²) >= 11 is 9.25. The number of benzene rings is 2. The van der Waals surface area contributed by atoms with Crippen LogP contribution in [0.15, 0.2) is 45.8 Å². The number of halogens is 2. The molecular formula is C17H16BrClN2O3S. The van der Waals surface area contributed by atoms with Crippen molar-refractivity contribution in [3.63, 3.8) is 0 Å². The Hall–Kier alpha value is -1.57. The molecule has 1 amide bonds. The van der Waals surface area contributed by atoms with Gasteiger partial charge in [0.05, 0.1) is 5.69 Å². The molecule has 5 nitrogen and oxygen atoms in total. The molecule has 1 atom stereocenters. The molecule has 25 heavy (non-hydrogen) atoms. The van der Waals surface area contributed by atoms with Crippen molar-refractivity contribution in [2.24, 2.45) is 0 Å². The van der Waals surface area contributed by atoms with Gasteiger partial charge in [0.2, 0.25) is 5.91 Å². The highest BCUT2D eigenvalue weighted by Crippen LogP contribution is 2.38. The molecule has 0 aromatic heterocycles. The molecule has 0 bridgehead atoms. The number of carbonyl (C=O) groups excluding carboxylic acids is 1. The molecule has 0 fully saturated rings. The van der Waals surface area contributed by atoms with Gasteiger partial charge in [0.15, 0.2) is 0 Å². The highest BCUT2D eigenvalue weighted by atomic mass is 79.9. The quantitative estimate of drug-likeness (QED) is 0.773. The molecule has 1 aliphatic heterocycles. The van der Waals surface area contributed by atoms with Gasteiger partial charge in [0, 0.05) is 28.1 Å². The van der Waals surface area contributed by atoms with E-state index >= 15 is 0 Å². The number of rotatable bonds is 3. The predicted molar refractivity (Wildman–Crippen MR) is 103 cm³/mol. The SMILES string of the molecule is CC(=O)N1c2cc(S(=O)(=O)Nc3cccc(Cl)c3)c(Br)cc2CC1C. The fraction of sp³-hybridized carbons (Fsp3) is 0.235. The summed E-state index contributed by atoms with van der Waals surface area (Å²) in [7, 11) is -3.84. The van der Waals surface area contributed by atoms with E-state index in [1.54, 1.807) is 29.2 Å². The maximum Gasteiger partial charge on any atom is 0.263 e. The second-order valence-corrected chi connectivity index (χ2v) is 8.91. The minimum atomic E-state index is -3.84. The minimum absolute atomic E-state index is 0.00163. The zero-order chi connectivity index (χ0) is 18.4. The second-order valence-electron chi connectivity index (χ2n) is 5.97. The van der Waals surface area contributed by atoms with Crippen molar-refractivity contribution in [1.82, 2.24) is 0 Å². The van der Waals surface area contributed by atoms with Crippen LogP contribution in [0.4, 0.5) is 11.4 Å². The van der Waals surface area contributed by atoms with Crippen molar-refractivity contribution in [1.29, 1.82) is 0 Å². The van der Waals surface area contributed by atoms with Crippen LogP contribution in [0.2, 0.25) is 5.02 Å². The number of nitrogens with zero attached hydrogens (tertiary/aromatic N) is 1. The van der Waals surface area contributed by atoms with Gasteiger partial charge in [-0.25, -0.2) is 8.42 Å². The van der Waals surface area contributed by atoms with Crippen LogP contribution < -0.4 is 9.62 Å². The maximum absolute atomic E-state index is 12.8. The number of amides is 1. The van der Waals surface area contributed by atoms with Crippen molar-refractivity contribution in [2.45, 2.75) is 31.2 Å². The maximum atomic E-state index is 12.8. The van der Waals surface area contributed by atoms with E-state index in [1.165, 1.54) is 19.1 Å². The lowest BCUT2D eigenvalue weighted by molar-refractivity contribution is -0.116. The third kappa shape index (κ3) is 3.54. The van der Waals surface area contributed by atoms with Gasteiger partial charge in [-0.05, 0) is 65.2 Å². The number of carbonyl (C=O) groups is 1. The lowest BCUT2D eigenvalue weighted by atomic mass is 10.1. The van der Waals surface area contributed by atoms with Gasteiger partial charge in [-0.15, -0.1) is 0 Å². The van der Waals surface area contributed by atoms with E-state index in [0.29, 0.717) is 27.3 Å². The van der Waals surface area contributed by atoms with Crippen molar-refractivity contribution < 1.29 is 13.2 Å². The van der Waals surface area contributed by atoms with Gasteiger partial charge in [-0.3, -0.25) is 9.52 Å². The van der Waals surface area contributed by atoms with Gasteiger partial charge >= 0.3 is 0 Å². The van der Waals surface area contributed by atoms with Crippen molar-refractivity contribution in [2.75, 3.05) is 9.62 Å². The van der Waals surface area contributed by atoms with E-state index < -0.39 is 10.0 Å². The van der Waals surface area contributed by atoms with Crippen LogP contribution in [0.1, 0.15) is 19.4 Å². The van der Waals surface area contributed by atoms with Gasteiger partial charge in [0.25, 0.3) is 10.0 Å². The monoisotopic (exact) mass is 442 g/mol. The number of hydrogen-bond donors (Lipinski definition) is 1. The summed E-state index contributed by atoms with van der Waals surface area (Å²) in [5.74, 6) is -0.111. The third-order valence-corrected chi connectivity index (χ3v) is 6.63. The Labute approximate surface area is 160 Å². The highest BCUT2D eigenvalue weighted by Gasteiger charge is 2.32. The van der Waals surface area contributed by atoms with E-state index in [9.17, 15) is 13.2 Å². The summed E-state index contributed by atoms with van der Waals surface area (Å²) in [6.45, 7) is 3.42. The Balaban J connectivity index is 2.04. The summed E-state index contributed by atoms with van der Waals surface area (Å²) in [6.07, 6.45) is 0.690. The summed E-state index contributed by atoms with van der Waals surface area (Å²) in [5.41, 5.74) is 1.95. The topological polar surface area (TPSA) is 66.5 Å². The zero-order valence-electron chi connectivity index (χ0n) is 13.6. The summed E-state index contributed by atoms with van der Waals surface area (Å²) in [5, 5.41) is 0.435. The first-order chi connectivity index (χ1) is 11.7. The Morgan fingerprint density at radius 2 is 2.04 bits per heavy atom. The Morgan fingerprint density at radius 1 is 1.32 bits per heavy atom. The molecule has 1 aliphatic rings. The normalized spacial score (nSPS) is 16.6. The van der Waals surface area contributed by atoms with E-state index in [4.69, 9.17) is 11.6 Å². The number of sulfonamides is 1. The molecule has 132 valence electrons. The fourth-order valence-corrected chi connectivity index (χ4v) is 5.42. The molecule has 0 saturated carbocycles. The van der Waals surface area contributed by atoms with Crippen LogP contribution in [0.3, 0.4) is 0 Å². The molecule has 0 radical (unpaired) electrons. The standard InChI is InChI=1S/C17H16BrClN2O3S/c1-10-6-12-7-15(18)17(9-16(12)21(10)11(2)22)25(23,24)20-14-5-3-4-13(19)8-14/h3-5,7-10,20H,6H2,1-2H3. The predicted octanol–water partition coefficient (Wildman–Crippen LogP) is 4.20. The Bertz CT molecular complexity index is 962. The van der Waals surface area contributed by atoms with E-state index in [1.807, 2.05) is 6.92 Å². The van der Waals surface area contributed by atoms with Crippen molar-refractivity contribution >= 4 is 54.8 Å². The second kappa shape index (κ2) is 6.63. The van der Waals surface area contributed by atoms with Crippen LogP contribution >= 0.6 is 27.5 Å². The van der Waals surface area contributed by atoms with Crippen LogP contribution in [0, 0.1) is 0 Å². The molecular weight excluding hydrogens is 428 g/mol. The molecule has 2 aromatic rings. The average molecular weight is 444 g/mol. The van der Waals surface area contributed by atoms with Gasteiger partial charge < -0.3 is 4.90 Å². The smallest absolute Gasteiger partial charge is 0.263 e. The number of hydrogen-bond acceptors (Lipinski definition) is 3. The molecule has 3 rings (SSSR count). The van der Waals surface area contributed by atoms with Gasteiger partial charge in [-0.1, -0.05) is 17.7 Å². The van der Waals surface area contributed by atoms with Crippen LogP contribution in [0.5, 0.6) is 0 Å². The van der Waals surface area contributed by atoms with E-state index in [0.717, 1.165) is 5.56 Å². The molecule has 1 N–H and O–H groups in total. The third-order valence-electron chi connectivity index (χ3n) is 4.05. The molecule has 0 aliphatic carbocycles. The largest absolute Gasteiger partial charge is 0.309 e. The fourth-order valence-electron chi connectivity index (χ4n) is 3.07. The highest BCUT2D eigenvalue weighted by molar-refractivity contribution is 9.10. The molecule has 0 saturated heterocycles. The Kier molecular flexibility index (Phi) is 4.83. The van der Waals surface area contributed by atoms with Crippen LogP contribution in [-0.2, 0) is 21.2 Å². The Morgan fingerprint density at radius 3 is 2.68 bits per heavy atom. The number of anilines is 2. The zero-order valence-corrected chi connectivity index (χ0v) is 16.7.